The maximum atomic E-state index is 12.6. The Kier molecular flexibility index (Phi) is 4.85. The van der Waals surface area contributed by atoms with Gasteiger partial charge in [-0.1, -0.05) is 18.2 Å². The number of hydrogen-bond donors (Lipinski definition) is 0. The van der Waals surface area contributed by atoms with Gasteiger partial charge in [0.05, 0.1) is 10.8 Å². The molecule has 0 aliphatic heterocycles. The van der Waals surface area contributed by atoms with Crippen LogP contribution in [0.4, 0.5) is 5.69 Å². The third-order valence-electron chi connectivity index (χ3n) is 2.96. The highest BCUT2D eigenvalue weighted by Gasteiger charge is 2.21. The van der Waals surface area contributed by atoms with Gasteiger partial charge in [0.15, 0.2) is 0 Å². The van der Waals surface area contributed by atoms with Crippen LogP contribution in [0.15, 0.2) is 41.8 Å². The molecule has 1 atom stereocenters. The molecule has 0 saturated carbocycles. The Hall–Kier alpha value is -2.02. The van der Waals surface area contributed by atoms with Gasteiger partial charge in [0.25, 0.3) is 0 Å². The maximum Gasteiger partial charge on any atom is 0.247 e. The summed E-state index contributed by atoms with van der Waals surface area (Å²) in [6, 6.07) is 9.50. The van der Waals surface area contributed by atoms with Gasteiger partial charge in [0, 0.05) is 18.0 Å². The predicted molar refractivity (Wildman–Crippen MR) is 81.4 cm³/mol. The quantitative estimate of drug-likeness (QED) is 0.838. The van der Waals surface area contributed by atoms with Crippen molar-refractivity contribution in [3.8, 4) is 0 Å². The second-order valence-corrected chi connectivity index (χ2v) is 6.16. The summed E-state index contributed by atoms with van der Waals surface area (Å²) in [5.74, 6) is -0.0947. The molecule has 0 spiro atoms. The number of rotatable bonds is 5. The minimum Gasteiger partial charge on any atom is -0.308 e. The molecule has 112 valence electrons. The first-order chi connectivity index (χ1) is 10.0. The van der Waals surface area contributed by atoms with Gasteiger partial charge in [-0.2, -0.15) is 0 Å². The fourth-order valence-corrected chi connectivity index (χ4v) is 2.72. The van der Waals surface area contributed by atoms with E-state index in [1.165, 1.54) is 17.2 Å². The van der Waals surface area contributed by atoms with E-state index in [1.54, 1.807) is 4.90 Å². The van der Waals surface area contributed by atoms with Crippen molar-refractivity contribution >= 4 is 22.4 Å². The van der Waals surface area contributed by atoms with Crippen molar-refractivity contribution in [1.82, 2.24) is 14.8 Å². The van der Waals surface area contributed by atoms with E-state index in [0.717, 1.165) is 5.69 Å². The summed E-state index contributed by atoms with van der Waals surface area (Å²) in [5, 5.41) is 7.82. The van der Waals surface area contributed by atoms with Gasteiger partial charge >= 0.3 is 0 Å². The summed E-state index contributed by atoms with van der Waals surface area (Å²) >= 11 is 0. The first kappa shape index (κ1) is 15.4. The van der Waals surface area contributed by atoms with Crippen LogP contribution in [0.1, 0.15) is 13.8 Å². The molecule has 2 aromatic rings. The lowest BCUT2D eigenvalue weighted by atomic mass is 10.2. The second-order valence-electron chi connectivity index (χ2n) is 4.89. The Morgan fingerprint density at radius 2 is 2.00 bits per heavy atom. The molecular formula is C14H18N4O2S. The Labute approximate surface area is 126 Å². The molecule has 1 aromatic heterocycles. The number of nitrogens with zero attached hydrogens (tertiary/aromatic N) is 4. The molecule has 0 aliphatic rings. The van der Waals surface area contributed by atoms with E-state index < -0.39 is 10.8 Å². The van der Waals surface area contributed by atoms with Gasteiger partial charge in [-0.15, -0.1) is 10.2 Å². The van der Waals surface area contributed by atoms with E-state index in [9.17, 15) is 9.00 Å². The normalized spacial score (nSPS) is 12.4. The van der Waals surface area contributed by atoms with Crippen LogP contribution >= 0.6 is 0 Å². The van der Waals surface area contributed by atoms with Crippen LogP contribution in [0.3, 0.4) is 0 Å². The number of amides is 1. The van der Waals surface area contributed by atoms with Crippen LogP contribution in [0.25, 0.3) is 0 Å². The number of carbonyl (C=O) groups excluding carboxylic acids is 1. The van der Waals surface area contributed by atoms with E-state index in [0.29, 0.717) is 5.16 Å². The SMILES string of the molecule is CC(C)N(C(=O)Cn1cnnc1[S@](C)=O)c1ccccc1. The average Bonchev–Trinajstić information content (AvgIpc) is 2.88. The molecule has 21 heavy (non-hydrogen) atoms. The molecule has 2 rings (SSSR count). The van der Waals surface area contributed by atoms with Crippen LogP contribution in [-0.2, 0) is 22.1 Å². The van der Waals surface area contributed by atoms with Gasteiger partial charge in [0.2, 0.25) is 11.1 Å². The van der Waals surface area contributed by atoms with Crippen molar-refractivity contribution in [3.05, 3.63) is 36.7 Å². The summed E-state index contributed by atoms with van der Waals surface area (Å²) in [5.41, 5.74) is 0.838. The molecule has 0 bridgehead atoms. The van der Waals surface area contributed by atoms with Crippen molar-refractivity contribution in [2.75, 3.05) is 11.2 Å². The molecule has 0 aliphatic carbocycles. The van der Waals surface area contributed by atoms with Crippen molar-refractivity contribution < 1.29 is 9.00 Å². The first-order valence-electron chi connectivity index (χ1n) is 6.59. The van der Waals surface area contributed by atoms with Gasteiger partial charge in [0.1, 0.15) is 12.9 Å². The largest absolute Gasteiger partial charge is 0.308 e. The third kappa shape index (κ3) is 3.55. The molecule has 1 amide bonds. The standard InChI is InChI=1S/C14H18N4O2S/c1-11(2)18(12-7-5-4-6-8-12)13(19)9-17-10-15-16-14(17)21(3)20/h4-8,10-11H,9H2,1-3H3/t21-/m0/s1. The van der Waals surface area contributed by atoms with Crippen molar-refractivity contribution in [2.24, 2.45) is 0 Å². The van der Waals surface area contributed by atoms with E-state index in [1.807, 2.05) is 44.2 Å². The smallest absolute Gasteiger partial charge is 0.247 e. The van der Waals surface area contributed by atoms with Gasteiger partial charge < -0.3 is 4.90 Å². The highest BCUT2D eigenvalue weighted by molar-refractivity contribution is 7.84. The molecule has 0 unspecified atom stereocenters. The van der Waals surface area contributed by atoms with E-state index in [-0.39, 0.29) is 18.5 Å². The van der Waals surface area contributed by atoms with Crippen LogP contribution in [0.5, 0.6) is 0 Å². The summed E-state index contributed by atoms with van der Waals surface area (Å²) in [6.07, 6.45) is 2.94. The molecule has 7 heteroatoms. The fourth-order valence-electron chi connectivity index (χ4n) is 2.12. The summed E-state index contributed by atoms with van der Waals surface area (Å²) < 4.78 is 13.1. The van der Waals surface area contributed by atoms with Gasteiger partial charge in [-0.05, 0) is 26.0 Å². The van der Waals surface area contributed by atoms with Crippen LogP contribution < -0.4 is 4.90 Å². The molecule has 6 nitrogen and oxygen atoms in total. The predicted octanol–water partition coefficient (Wildman–Crippen LogP) is 1.46. The minimum absolute atomic E-state index is 0.0203. The highest BCUT2D eigenvalue weighted by Crippen LogP contribution is 2.17. The van der Waals surface area contributed by atoms with E-state index in [4.69, 9.17) is 0 Å². The van der Waals surface area contributed by atoms with Crippen LogP contribution in [0, 0.1) is 0 Å². The van der Waals surface area contributed by atoms with Crippen molar-refractivity contribution in [3.63, 3.8) is 0 Å². The zero-order valence-corrected chi connectivity index (χ0v) is 13.1. The highest BCUT2D eigenvalue weighted by atomic mass is 32.2. The lowest BCUT2D eigenvalue weighted by molar-refractivity contribution is -0.119. The molecule has 0 radical (unpaired) electrons. The lowest BCUT2D eigenvalue weighted by Crippen LogP contribution is -2.39. The Bertz CT molecular complexity index is 639. The number of carbonyl (C=O) groups is 1. The number of hydrogen-bond acceptors (Lipinski definition) is 4. The van der Waals surface area contributed by atoms with E-state index in [2.05, 4.69) is 10.2 Å². The van der Waals surface area contributed by atoms with Crippen LogP contribution in [0.2, 0.25) is 0 Å². The number of anilines is 1. The van der Waals surface area contributed by atoms with Gasteiger partial charge in [-0.3, -0.25) is 13.6 Å². The number of para-hydroxylation sites is 1. The molecule has 1 aromatic carbocycles. The topological polar surface area (TPSA) is 68.1 Å². The molecule has 1 heterocycles. The average molecular weight is 306 g/mol. The number of aromatic nitrogens is 3. The lowest BCUT2D eigenvalue weighted by Gasteiger charge is -2.27. The third-order valence-corrected chi connectivity index (χ3v) is 3.79. The monoisotopic (exact) mass is 306 g/mol. The van der Waals surface area contributed by atoms with Gasteiger partial charge in [-0.25, -0.2) is 0 Å². The summed E-state index contributed by atoms with van der Waals surface area (Å²) in [7, 11) is -1.28. The Morgan fingerprint density at radius 3 is 2.57 bits per heavy atom. The minimum atomic E-state index is -1.28. The maximum absolute atomic E-state index is 12.6. The molecule has 0 N–H and O–H groups in total. The zero-order chi connectivity index (χ0) is 15.4. The molecular weight excluding hydrogens is 288 g/mol. The second kappa shape index (κ2) is 6.62. The Morgan fingerprint density at radius 1 is 1.33 bits per heavy atom. The zero-order valence-electron chi connectivity index (χ0n) is 12.3. The summed E-state index contributed by atoms with van der Waals surface area (Å²) in [6.45, 7) is 3.97. The number of benzene rings is 1. The molecule has 0 fully saturated rings. The molecule has 0 saturated heterocycles. The van der Waals surface area contributed by atoms with E-state index >= 15 is 0 Å². The fraction of sp³-hybridized carbons (Fsp3) is 0.357. The van der Waals surface area contributed by atoms with Crippen molar-refractivity contribution in [2.45, 2.75) is 31.6 Å². The Balaban J connectivity index is 2.24. The van der Waals surface area contributed by atoms with Crippen LogP contribution in [-0.4, -0.2) is 37.2 Å². The summed E-state index contributed by atoms with van der Waals surface area (Å²) in [4.78, 5) is 14.3. The first-order valence-corrected chi connectivity index (χ1v) is 8.15. The van der Waals surface area contributed by atoms with Crippen molar-refractivity contribution in [1.29, 1.82) is 0 Å².